The molecule has 2 aliphatic heterocycles. The van der Waals surface area contributed by atoms with Crippen LogP contribution in [0.1, 0.15) is 29.2 Å². The van der Waals surface area contributed by atoms with Crippen molar-refractivity contribution in [1.29, 1.82) is 0 Å². The number of pyridine rings is 2. The molecule has 2 N–H and O–H groups in total. The van der Waals surface area contributed by atoms with Crippen LogP contribution in [0.5, 0.6) is 0 Å². The summed E-state index contributed by atoms with van der Waals surface area (Å²) in [6.45, 7) is 1.85. The molecule has 0 spiro atoms. The lowest BCUT2D eigenvalue weighted by Crippen LogP contribution is -2.47. The first-order valence-electron chi connectivity index (χ1n) is 13.7. The van der Waals surface area contributed by atoms with Gasteiger partial charge in [-0.05, 0) is 49.3 Å². The van der Waals surface area contributed by atoms with Crippen LogP contribution in [0.4, 0.5) is 30.8 Å². The maximum atomic E-state index is 15.3. The minimum atomic E-state index is -1.37. The number of rotatable bonds is 7. The number of carbonyl (C=O) groups excluding carboxylic acids is 1. The number of aromatic carboxylic acids is 1. The van der Waals surface area contributed by atoms with E-state index in [-0.39, 0.29) is 41.2 Å². The molecule has 2 aromatic heterocycles. The first-order chi connectivity index (χ1) is 20.6. The molecular formula is C28H28F2N6O6S. The number of cyclic esters (lactones) is 1. The third-order valence-electron chi connectivity index (χ3n) is 7.81. The number of nitrogens with zero attached hydrogens (tertiary/aromatic N) is 5. The molecule has 1 atom stereocenters. The Balaban J connectivity index is 1.16. The number of halogens is 2. The van der Waals surface area contributed by atoms with Gasteiger partial charge < -0.3 is 34.3 Å². The number of aromatic nitrogens is 2. The van der Waals surface area contributed by atoms with Crippen LogP contribution in [-0.4, -0.2) is 84.4 Å². The average Bonchev–Trinajstić information content (AvgIpc) is 3.77. The molecule has 2 saturated heterocycles. The third-order valence-corrected chi connectivity index (χ3v) is 8.12. The van der Waals surface area contributed by atoms with Crippen LogP contribution in [0.3, 0.4) is 0 Å². The maximum Gasteiger partial charge on any atom is 0.414 e. The van der Waals surface area contributed by atoms with E-state index in [2.05, 4.69) is 10.3 Å². The molecule has 43 heavy (non-hydrogen) atoms. The molecule has 1 saturated carbocycles. The molecule has 1 aromatic carbocycles. The van der Waals surface area contributed by atoms with Crippen LogP contribution < -0.4 is 25.4 Å². The number of fused-ring (bicyclic) bond motifs is 1. The summed E-state index contributed by atoms with van der Waals surface area (Å²) < 4.78 is 42.4. The summed E-state index contributed by atoms with van der Waals surface area (Å²) in [4.78, 5) is 46.1. The average molecular weight is 615 g/mol. The summed E-state index contributed by atoms with van der Waals surface area (Å²) >= 11 is 4.93. The van der Waals surface area contributed by atoms with Gasteiger partial charge in [0.1, 0.15) is 23.1 Å². The highest BCUT2D eigenvalue weighted by molar-refractivity contribution is 7.80. The first kappa shape index (κ1) is 28.6. The highest BCUT2D eigenvalue weighted by Gasteiger charge is 2.34. The fraction of sp³-hybridized carbons (Fsp3) is 0.393. The van der Waals surface area contributed by atoms with E-state index in [1.54, 1.807) is 21.6 Å². The molecule has 1 amide bonds. The van der Waals surface area contributed by atoms with Gasteiger partial charge >= 0.3 is 12.1 Å². The molecule has 3 fully saturated rings. The van der Waals surface area contributed by atoms with Crippen LogP contribution in [-0.2, 0) is 9.47 Å². The molecule has 0 radical (unpaired) electrons. The molecule has 15 heteroatoms. The Morgan fingerprint density at radius 2 is 1.86 bits per heavy atom. The molecule has 3 aliphatic rings. The number of amides is 1. The summed E-state index contributed by atoms with van der Waals surface area (Å²) in [5.74, 6) is -2.55. The minimum Gasteiger partial charge on any atom is -0.477 e. The van der Waals surface area contributed by atoms with E-state index in [4.69, 9.17) is 21.7 Å². The second-order valence-corrected chi connectivity index (χ2v) is 10.9. The summed E-state index contributed by atoms with van der Waals surface area (Å²) in [6.07, 6.45) is 1.84. The van der Waals surface area contributed by atoms with E-state index < -0.39 is 40.8 Å². The minimum absolute atomic E-state index is 0.00799. The second kappa shape index (κ2) is 11.3. The predicted molar refractivity (Wildman–Crippen MR) is 157 cm³/mol. The molecule has 4 heterocycles. The molecule has 6 rings (SSSR count). The Morgan fingerprint density at radius 1 is 1.14 bits per heavy atom. The van der Waals surface area contributed by atoms with E-state index in [1.807, 2.05) is 4.90 Å². The molecule has 1 aliphatic carbocycles. The van der Waals surface area contributed by atoms with E-state index in [0.29, 0.717) is 37.6 Å². The van der Waals surface area contributed by atoms with Gasteiger partial charge in [-0.3, -0.25) is 9.69 Å². The molecule has 3 aromatic rings. The van der Waals surface area contributed by atoms with Crippen LogP contribution in [0.2, 0.25) is 0 Å². The number of carbonyl (C=O) groups is 2. The standard InChI is InChI=1S/C28H28F2N6O6S/c1-41-27(43)31-12-17-13-36(28(40)42-17)16-4-5-22(20(29)10-16)33-6-8-34(9-7-33)25-21(30)11-18-23(37)19(26(38)39)14-35(15-2-3-15)24(18)32-25/h4-5,10-11,14-15,17H,2-3,6-9,12-13H2,1H3,(H,31,43)(H,38,39)/t17-/m0/s1. The normalized spacial score (nSPS) is 18.6. The number of hydrogen-bond donors (Lipinski definition) is 2. The quantitative estimate of drug-likeness (QED) is 0.381. The summed E-state index contributed by atoms with van der Waals surface area (Å²) in [7, 11) is 1.43. The highest BCUT2D eigenvalue weighted by Crippen LogP contribution is 2.37. The Hall–Kier alpha value is -4.53. The summed E-state index contributed by atoms with van der Waals surface area (Å²) in [5.41, 5.74) is -0.240. The van der Waals surface area contributed by atoms with Crippen molar-refractivity contribution in [2.45, 2.75) is 25.0 Å². The van der Waals surface area contributed by atoms with Crippen molar-refractivity contribution in [3.63, 3.8) is 0 Å². The fourth-order valence-corrected chi connectivity index (χ4v) is 5.51. The lowest BCUT2D eigenvalue weighted by molar-refractivity contribution is 0.0694. The number of anilines is 3. The van der Waals surface area contributed by atoms with Crippen molar-refractivity contribution in [2.24, 2.45) is 0 Å². The Labute approximate surface area is 249 Å². The van der Waals surface area contributed by atoms with E-state index >= 15 is 8.78 Å². The molecular weight excluding hydrogens is 586 g/mol. The van der Waals surface area contributed by atoms with E-state index in [0.717, 1.165) is 18.9 Å². The number of nitrogens with one attached hydrogen (secondary N) is 1. The number of piperazine rings is 1. The lowest BCUT2D eigenvalue weighted by atomic mass is 10.1. The Bertz CT molecular complexity index is 1690. The van der Waals surface area contributed by atoms with Gasteiger partial charge in [0.05, 0.1) is 37.0 Å². The zero-order valence-corrected chi connectivity index (χ0v) is 23.9. The van der Waals surface area contributed by atoms with Gasteiger partial charge in [-0.25, -0.2) is 23.4 Å². The second-order valence-electron chi connectivity index (χ2n) is 10.6. The molecule has 12 nitrogen and oxygen atoms in total. The Morgan fingerprint density at radius 3 is 2.51 bits per heavy atom. The van der Waals surface area contributed by atoms with Gasteiger partial charge in [0, 0.05) is 38.4 Å². The van der Waals surface area contributed by atoms with Crippen molar-refractivity contribution in [3.05, 3.63) is 57.9 Å². The predicted octanol–water partition coefficient (Wildman–Crippen LogP) is 2.88. The first-order valence-corrected chi connectivity index (χ1v) is 14.1. The summed E-state index contributed by atoms with van der Waals surface area (Å²) in [5, 5.41) is 12.4. The van der Waals surface area contributed by atoms with Gasteiger partial charge in [0.15, 0.2) is 11.6 Å². The van der Waals surface area contributed by atoms with Crippen LogP contribution in [0.15, 0.2) is 35.3 Å². The SMILES string of the molecule is COC(=S)NC[C@H]1CN(c2ccc(N3CCN(c4nc5c(cc4F)c(=O)c(C(=O)O)cn5C4CC4)CC3)c(F)c2)C(=O)O1. The topological polar surface area (TPSA) is 129 Å². The van der Waals surface area contributed by atoms with Gasteiger partial charge in [0.2, 0.25) is 5.43 Å². The molecule has 0 unspecified atom stereocenters. The van der Waals surface area contributed by atoms with Gasteiger partial charge in [0.25, 0.3) is 5.17 Å². The Kier molecular flexibility index (Phi) is 7.50. The van der Waals surface area contributed by atoms with Crippen LogP contribution >= 0.6 is 12.2 Å². The number of carboxylic acids is 1. The zero-order valence-electron chi connectivity index (χ0n) is 23.1. The number of benzene rings is 1. The largest absolute Gasteiger partial charge is 0.477 e. The number of methoxy groups -OCH3 is 1. The lowest BCUT2D eigenvalue weighted by Gasteiger charge is -2.37. The van der Waals surface area contributed by atoms with Crippen molar-refractivity contribution >= 4 is 57.7 Å². The van der Waals surface area contributed by atoms with Gasteiger partial charge in [-0.2, -0.15) is 0 Å². The van der Waals surface area contributed by atoms with Crippen LogP contribution in [0.25, 0.3) is 11.0 Å². The molecule has 226 valence electrons. The van der Waals surface area contributed by atoms with Crippen molar-refractivity contribution < 1.29 is 33.0 Å². The van der Waals surface area contributed by atoms with Crippen molar-refractivity contribution in [2.75, 3.05) is 61.1 Å². The molecule has 0 bridgehead atoms. The number of thiocarbonyl (C=S) groups is 1. The van der Waals surface area contributed by atoms with E-state index in [1.165, 1.54) is 24.3 Å². The van der Waals surface area contributed by atoms with Gasteiger partial charge in [-0.15, -0.1) is 0 Å². The fourth-order valence-electron chi connectivity index (χ4n) is 5.43. The summed E-state index contributed by atoms with van der Waals surface area (Å²) in [6, 6.07) is 5.60. The van der Waals surface area contributed by atoms with Crippen LogP contribution in [0, 0.1) is 11.6 Å². The third kappa shape index (κ3) is 5.51. The maximum absolute atomic E-state index is 15.3. The monoisotopic (exact) mass is 614 g/mol. The zero-order chi connectivity index (χ0) is 30.4. The smallest absolute Gasteiger partial charge is 0.414 e. The number of carboxylic acid groups (broad SMARTS) is 1. The van der Waals surface area contributed by atoms with Crippen molar-refractivity contribution in [3.8, 4) is 0 Å². The number of hydrogen-bond acceptors (Lipinski definition) is 9. The van der Waals surface area contributed by atoms with Crippen molar-refractivity contribution in [1.82, 2.24) is 14.9 Å². The highest BCUT2D eigenvalue weighted by atomic mass is 32.1. The number of ether oxygens (including phenoxy) is 2. The van der Waals surface area contributed by atoms with E-state index in [9.17, 15) is 19.5 Å². The van der Waals surface area contributed by atoms with Gasteiger partial charge in [-0.1, -0.05) is 0 Å².